The molecule has 0 radical (unpaired) electrons. The molecular formula is C17H38O7P2. The Hall–Kier alpha value is 0.260. The third-order valence-electron chi connectivity index (χ3n) is 3.39. The zero-order valence-electron chi connectivity index (χ0n) is 17.7. The maximum Gasteiger partial charge on any atom is 0.349 e. The molecule has 0 aromatic carbocycles. The second kappa shape index (κ2) is 10.7. The first-order valence-electron chi connectivity index (χ1n) is 9.27. The number of rotatable bonds is 13. The van der Waals surface area contributed by atoms with Crippen molar-refractivity contribution in [3.63, 3.8) is 0 Å². The van der Waals surface area contributed by atoms with E-state index in [-0.39, 0.29) is 19.4 Å². The molecule has 0 aliphatic heterocycles. The van der Waals surface area contributed by atoms with E-state index < -0.39 is 44.5 Å². The highest BCUT2D eigenvalue weighted by Crippen LogP contribution is 2.80. The Bertz CT molecular complexity index is 437. The van der Waals surface area contributed by atoms with Gasteiger partial charge in [0.1, 0.15) is 0 Å². The fourth-order valence-corrected chi connectivity index (χ4v) is 8.31. The molecule has 0 fully saturated rings. The second-order valence-corrected chi connectivity index (χ2v) is 12.8. The third kappa shape index (κ3) is 7.01. The van der Waals surface area contributed by atoms with Gasteiger partial charge in [-0.1, -0.05) is 0 Å². The lowest BCUT2D eigenvalue weighted by Crippen LogP contribution is -2.33. The van der Waals surface area contributed by atoms with Crippen LogP contribution < -0.4 is 0 Å². The molecule has 0 aliphatic carbocycles. The third-order valence-corrected chi connectivity index (χ3v) is 10.5. The summed E-state index contributed by atoms with van der Waals surface area (Å²) >= 11 is 0. The van der Waals surface area contributed by atoms with Crippen LogP contribution in [0.5, 0.6) is 0 Å². The van der Waals surface area contributed by atoms with Crippen molar-refractivity contribution in [1.82, 2.24) is 0 Å². The van der Waals surface area contributed by atoms with Gasteiger partial charge in [-0.3, -0.25) is 9.13 Å². The molecule has 0 bridgehead atoms. The quantitative estimate of drug-likeness (QED) is 0.393. The minimum absolute atomic E-state index is 0.108. The van der Waals surface area contributed by atoms with Crippen LogP contribution in [0.3, 0.4) is 0 Å². The lowest BCUT2D eigenvalue weighted by atomic mass is 10.2. The van der Waals surface area contributed by atoms with Gasteiger partial charge in [-0.2, -0.15) is 0 Å². The van der Waals surface area contributed by atoms with Crippen LogP contribution in [-0.2, 0) is 27.2 Å². The number of hydrogen-bond acceptors (Lipinski definition) is 7. The molecule has 0 aromatic rings. The molecule has 26 heavy (non-hydrogen) atoms. The van der Waals surface area contributed by atoms with E-state index in [1.165, 1.54) is 0 Å². The first-order valence-corrected chi connectivity index (χ1v) is 12.4. The molecule has 7 nitrogen and oxygen atoms in total. The summed E-state index contributed by atoms with van der Waals surface area (Å²) in [7, 11) is -7.88. The second-order valence-electron chi connectivity index (χ2n) is 7.66. The first kappa shape index (κ1) is 26.3. The average Bonchev–Trinajstić information content (AvgIpc) is 2.40. The van der Waals surface area contributed by atoms with Crippen LogP contribution in [0.25, 0.3) is 0 Å². The van der Waals surface area contributed by atoms with E-state index in [1.54, 1.807) is 62.3 Å². The Labute approximate surface area is 159 Å². The van der Waals surface area contributed by atoms with Gasteiger partial charge in [0, 0.05) is 6.61 Å². The maximum atomic E-state index is 13.9. The predicted molar refractivity (Wildman–Crippen MR) is 105 cm³/mol. The minimum Gasteiger partial charge on any atom is -0.396 e. The summed E-state index contributed by atoms with van der Waals surface area (Å²) in [5, 5.41) is 9.35. The molecule has 0 saturated carbocycles. The molecule has 0 spiro atoms. The minimum atomic E-state index is -3.94. The number of aliphatic hydroxyl groups excluding tert-OH is 1. The van der Waals surface area contributed by atoms with Gasteiger partial charge in [0.05, 0.1) is 24.4 Å². The SMILES string of the molecule is CC(C)OP(=O)(OC(C)C)C(C)(CCCO)P(=O)(OC(C)C)OC(C)C. The van der Waals surface area contributed by atoms with Gasteiger partial charge >= 0.3 is 15.2 Å². The Morgan fingerprint density at radius 2 is 1.00 bits per heavy atom. The predicted octanol–water partition coefficient (Wildman–Crippen LogP) is 5.56. The molecule has 0 aliphatic rings. The number of aliphatic hydroxyl groups is 1. The summed E-state index contributed by atoms with van der Waals surface area (Å²) in [6, 6.07) is 0. The Kier molecular flexibility index (Phi) is 10.8. The zero-order valence-corrected chi connectivity index (χ0v) is 19.5. The van der Waals surface area contributed by atoms with E-state index in [0.29, 0.717) is 0 Å². The van der Waals surface area contributed by atoms with E-state index in [0.717, 1.165) is 0 Å². The van der Waals surface area contributed by atoms with E-state index in [4.69, 9.17) is 18.1 Å². The molecule has 1 N–H and O–H groups in total. The number of hydrogen-bond donors (Lipinski definition) is 1. The van der Waals surface area contributed by atoms with Crippen molar-refractivity contribution in [3.8, 4) is 0 Å². The van der Waals surface area contributed by atoms with Crippen molar-refractivity contribution in [1.29, 1.82) is 0 Å². The normalized spacial score (nSPS) is 14.2. The van der Waals surface area contributed by atoms with Gasteiger partial charge in [0.15, 0.2) is 4.90 Å². The lowest BCUT2D eigenvalue weighted by Gasteiger charge is -2.42. The summed E-state index contributed by atoms with van der Waals surface area (Å²) in [6.07, 6.45) is -1.30. The van der Waals surface area contributed by atoms with E-state index in [1.807, 2.05) is 0 Å². The lowest BCUT2D eigenvalue weighted by molar-refractivity contribution is 0.108. The molecule has 0 unspecified atom stereocenters. The summed E-state index contributed by atoms with van der Waals surface area (Å²) in [5.41, 5.74) is 0. The maximum absolute atomic E-state index is 13.9. The molecular weight excluding hydrogens is 378 g/mol. The van der Waals surface area contributed by atoms with Gasteiger partial charge in [0.2, 0.25) is 0 Å². The molecule has 0 aromatic heterocycles. The van der Waals surface area contributed by atoms with Crippen LogP contribution in [-0.4, -0.2) is 41.0 Å². The van der Waals surface area contributed by atoms with Gasteiger partial charge in [-0.05, 0) is 75.2 Å². The van der Waals surface area contributed by atoms with Crippen molar-refractivity contribution in [2.24, 2.45) is 0 Å². The van der Waals surface area contributed by atoms with Crippen LogP contribution in [0.15, 0.2) is 0 Å². The van der Waals surface area contributed by atoms with Crippen LogP contribution in [0.4, 0.5) is 0 Å². The van der Waals surface area contributed by atoms with Crippen LogP contribution in [0.1, 0.15) is 75.2 Å². The van der Waals surface area contributed by atoms with Crippen LogP contribution >= 0.6 is 15.2 Å². The highest BCUT2D eigenvalue weighted by Gasteiger charge is 2.62. The van der Waals surface area contributed by atoms with Gasteiger partial charge < -0.3 is 23.2 Å². The summed E-state index contributed by atoms with van der Waals surface area (Å²) in [4.78, 5) is -1.55. The van der Waals surface area contributed by atoms with E-state index in [9.17, 15) is 14.2 Å². The monoisotopic (exact) mass is 416 g/mol. The summed E-state index contributed by atoms with van der Waals surface area (Å²) < 4.78 is 50.8. The van der Waals surface area contributed by atoms with Gasteiger partial charge in [-0.25, -0.2) is 0 Å². The summed E-state index contributed by atoms with van der Waals surface area (Å²) in [5.74, 6) is 0. The first-order chi connectivity index (χ1) is 11.7. The Balaban J connectivity index is 6.45. The highest BCUT2D eigenvalue weighted by molar-refractivity contribution is 7.74. The van der Waals surface area contributed by atoms with Crippen molar-refractivity contribution in [2.45, 2.75) is 104 Å². The molecule has 0 rings (SSSR count). The van der Waals surface area contributed by atoms with Crippen LogP contribution in [0, 0.1) is 0 Å². The molecule has 0 atom stereocenters. The molecule has 158 valence electrons. The van der Waals surface area contributed by atoms with E-state index >= 15 is 0 Å². The average molecular weight is 416 g/mol. The fourth-order valence-electron chi connectivity index (χ4n) is 2.45. The molecule has 0 amide bonds. The van der Waals surface area contributed by atoms with Crippen molar-refractivity contribution in [2.75, 3.05) is 6.61 Å². The highest BCUT2D eigenvalue weighted by atomic mass is 31.2. The Morgan fingerprint density at radius 3 is 1.19 bits per heavy atom. The molecule has 9 heteroatoms. The van der Waals surface area contributed by atoms with Crippen molar-refractivity contribution >= 4 is 15.2 Å². The van der Waals surface area contributed by atoms with Crippen LogP contribution in [0.2, 0.25) is 0 Å². The van der Waals surface area contributed by atoms with Crippen molar-refractivity contribution < 1.29 is 32.3 Å². The summed E-state index contributed by atoms with van der Waals surface area (Å²) in [6.45, 7) is 15.3. The van der Waals surface area contributed by atoms with E-state index in [2.05, 4.69) is 0 Å². The fraction of sp³-hybridized carbons (Fsp3) is 1.00. The van der Waals surface area contributed by atoms with Gasteiger partial charge in [-0.15, -0.1) is 0 Å². The largest absolute Gasteiger partial charge is 0.396 e. The Morgan fingerprint density at radius 1 is 0.731 bits per heavy atom. The molecule has 0 saturated heterocycles. The smallest absolute Gasteiger partial charge is 0.349 e. The topological polar surface area (TPSA) is 91.3 Å². The van der Waals surface area contributed by atoms with Gasteiger partial charge in [0.25, 0.3) is 0 Å². The molecule has 0 heterocycles. The standard InChI is InChI=1S/C17H38O7P2/c1-13(2)21-25(19,22-14(3)4)17(9,11-10-12-18)26(20,23-15(5)6)24-16(7)8/h13-16,18H,10-12H2,1-9H3. The van der Waals surface area contributed by atoms with Crippen molar-refractivity contribution in [3.05, 3.63) is 0 Å². The zero-order chi connectivity index (χ0) is 20.8.